The van der Waals surface area contributed by atoms with Gasteiger partial charge in [-0.2, -0.15) is 5.10 Å². The first-order chi connectivity index (χ1) is 11.0. The fourth-order valence-corrected chi connectivity index (χ4v) is 2.95. The van der Waals surface area contributed by atoms with Crippen molar-refractivity contribution in [2.75, 3.05) is 0 Å². The van der Waals surface area contributed by atoms with E-state index < -0.39 is 0 Å². The number of rotatable bonds is 4. The number of hydrogen-bond acceptors (Lipinski definition) is 3. The van der Waals surface area contributed by atoms with Crippen molar-refractivity contribution >= 4 is 16.8 Å². The molecule has 0 atom stereocenters. The molecule has 5 heteroatoms. The third kappa shape index (κ3) is 2.36. The molecule has 3 heterocycles. The minimum atomic E-state index is 0.211. The Morgan fingerprint density at radius 3 is 2.83 bits per heavy atom. The van der Waals surface area contributed by atoms with Crippen molar-refractivity contribution in [2.45, 2.75) is 39.7 Å². The van der Waals surface area contributed by atoms with Gasteiger partial charge in [0, 0.05) is 52.6 Å². The van der Waals surface area contributed by atoms with Crippen LogP contribution in [0.25, 0.3) is 22.2 Å². The van der Waals surface area contributed by atoms with Crippen LogP contribution in [0.15, 0.2) is 24.7 Å². The van der Waals surface area contributed by atoms with E-state index in [9.17, 15) is 4.79 Å². The van der Waals surface area contributed by atoms with Gasteiger partial charge in [-0.1, -0.05) is 0 Å². The van der Waals surface area contributed by atoms with Gasteiger partial charge < -0.3 is 4.98 Å². The zero-order valence-corrected chi connectivity index (χ0v) is 13.6. The Morgan fingerprint density at radius 1 is 1.39 bits per heavy atom. The number of hydrogen-bond donors (Lipinski definition) is 1. The van der Waals surface area contributed by atoms with Gasteiger partial charge >= 0.3 is 0 Å². The molecule has 1 fully saturated rings. The summed E-state index contributed by atoms with van der Waals surface area (Å²) in [5.74, 6) is 0.452. The SMILES string of the molecule is Cc1nn(C(C)C)cc1-c1cnc2[nH]cc(C(=O)C3CC3)c2c1. The van der Waals surface area contributed by atoms with Gasteiger partial charge in [-0.25, -0.2) is 4.98 Å². The van der Waals surface area contributed by atoms with Gasteiger partial charge in [-0.15, -0.1) is 0 Å². The fraction of sp³-hybridized carbons (Fsp3) is 0.389. The molecule has 0 bridgehead atoms. The number of H-pyrrole nitrogens is 1. The number of ketones is 1. The fourth-order valence-electron chi connectivity index (χ4n) is 2.95. The van der Waals surface area contributed by atoms with E-state index in [1.54, 1.807) is 6.20 Å². The lowest BCUT2D eigenvalue weighted by atomic mass is 10.0. The van der Waals surface area contributed by atoms with Gasteiger partial charge in [0.25, 0.3) is 0 Å². The Labute approximate surface area is 134 Å². The highest BCUT2D eigenvalue weighted by atomic mass is 16.1. The predicted octanol–water partition coefficient (Wildman–Crippen LogP) is 3.91. The van der Waals surface area contributed by atoms with E-state index in [2.05, 4.69) is 41.2 Å². The van der Waals surface area contributed by atoms with Crippen LogP contribution in [-0.4, -0.2) is 25.5 Å². The second-order valence-electron chi connectivity index (χ2n) is 6.66. The normalized spacial score (nSPS) is 14.8. The van der Waals surface area contributed by atoms with Crippen molar-refractivity contribution in [2.24, 2.45) is 5.92 Å². The Hall–Kier alpha value is -2.43. The Balaban J connectivity index is 1.82. The van der Waals surface area contributed by atoms with Crippen LogP contribution in [0.5, 0.6) is 0 Å². The van der Waals surface area contributed by atoms with Crippen molar-refractivity contribution in [1.29, 1.82) is 0 Å². The third-order valence-electron chi connectivity index (χ3n) is 4.50. The monoisotopic (exact) mass is 308 g/mol. The Bertz CT molecular complexity index is 899. The van der Waals surface area contributed by atoms with Crippen LogP contribution in [0.1, 0.15) is 48.8 Å². The van der Waals surface area contributed by atoms with Crippen molar-refractivity contribution < 1.29 is 4.79 Å². The number of pyridine rings is 1. The summed E-state index contributed by atoms with van der Waals surface area (Å²) < 4.78 is 1.96. The molecule has 1 aliphatic rings. The van der Waals surface area contributed by atoms with E-state index in [4.69, 9.17) is 0 Å². The molecule has 0 amide bonds. The van der Waals surface area contributed by atoms with E-state index in [0.29, 0.717) is 6.04 Å². The first kappa shape index (κ1) is 14.2. The van der Waals surface area contributed by atoms with E-state index in [1.807, 2.05) is 17.8 Å². The summed E-state index contributed by atoms with van der Waals surface area (Å²) in [6, 6.07) is 2.38. The summed E-state index contributed by atoms with van der Waals surface area (Å²) in [5.41, 5.74) is 4.59. The predicted molar refractivity (Wildman–Crippen MR) is 89.5 cm³/mol. The molecule has 0 saturated heterocycles. The zero-order valence-electron chi connectivity index (χ0n) is 13.6. The maximum absolute atomic E-state index is 12.4. The van der Waals surface area contributed by atoms with Crippen LogP contribution in [-0.2, 0) is 0 Å². The van der Waals surface area contributed by atoms with E-state index in [-0.39, 0.29) is 11.7 Å². The van der Waals surface area contributed by atoms with Crippen LogP contribution in [0.4, 0.5) is 0 Å². The summed E-state index contributed by atoms with van der Waals surface area (Å²) in [7, 11) is 0. The van der Waals surface area contributed by atoms with Gasteiger partial charge in [0.2, 0.25) is 0 Å². The number of Topliss-reactive ketones (excluding diaryl/α,β-unsaturated/α-hetero) is 1. The molecule has 1 saturated carbocycles. The van der Waals surface area contributed by atoms with Crippen LogP contribution in [0.3, 0.4) is 0 Å². The summed E-state index contributed by atoms with van der Waals surface area (Å²) in [4.78, 5) is 20.0. The minimum Gasteiger partial charge on any atom is -0.345 e. The summed E-state index contributed by atoms with van der Waals surface area (Å²) in [5, 5.41) is 5.48. The summed E-state index contributed by atoms with van der Waals surface area (Å²) in [6.07, 6.45) is 7.72. The first-order valence-corrected chi connectivity index (χ1v) is 8.12. The molecule has 1 N–H and O–H groups in total. The summed E-state index contributed by atoms with van der Waals surface area (Å²) >= 11 is 0. The van der Waals surface area contributed by atoms with Gasteiger partial charge in [-0.3, -0.25) is 9.48 Å². The number of carbonyl (C=O) groups is 1. The first-order valence-electron chi connectivity index (χ1n) is 8.12. The number of carbonyl (C=O) groups excluding carboxylic acids is 1. The van der Waals surface area contributed by atoms with E-state index >= 15 is 0 Å². The maximum atomic E-state index is 12.4. The molecule has 0 aliphatic heterocycles. The van der Waals surface area contributed by atoms with Crippen molar-refractivity contribution in [3.63, 3.8) is 0 Å². The van der Waals surface area contributed by atoms with Gasteiger partial charge in [0.1, 0.15) is 5.65 Å². The second kappa shape index (κ2) is 5.05. The number of nitrogens with zero attached hydrogens (tertiary/aromatic N) is 3. The van der Waals surface area contributed by atoms with Crippen molar-refractivity contribution in [3.05, 3.63) is 35.9 Å². The van der Waals surface area contributed by atoms with Crippen LogP contribution < -0.4 is 0 Å². The van der Waals surface area contributed by atoms with Crippen LogP contribution in [0.2, 0.25) is 0 Å². The molecule has 3 aromatic heterocycles. The quantitative estimate of drug-likeness (QED) is 0.743. The standard InChI is InChI=1S/C18H20N4O/c1-10(2)22-9-16(11(3)21-22)13-6-14-15(17(23)12-4-5-12)8-20-18(14)19-7-13/h6-10,12H,4-5H2,1-3H3,(H,19,20). The molecule has 118 valence electrons. The number of aryl methyl sites for hydroxylation is 1. The number of aromatic amines is 1. The number of aromatic nitrogens is 4. The highest BCUT2D eigenvalue weighted by molar-refractivity contribution is 6.09. The highest BCUT2D eigenvalue weighted by Gasteiger charge is 2.32. The van der Waals surface area contributed by atoms with E-state index in [1.165, 1.54) is 0 Å². The second-order valence-corrected chi connectivity index (χ2v) is 6.66. The topological polar surface area (TPSA) is 63.6 Å². The molecule has 23 heavy (non-hydrogen) atoms. The van der Waals surface area contributed by atoms with Gasteiger partial charge in [-0.05, 0) is 39.7 Å². The molecule has 5 nitrogen and oxygen atoms in total. The molecule has 4 rings (SSSR count). The molecule has 0 aromatic carbocycles. The molecular formula is C18H20N4O. The van der Waals surface area contributed by atoms with Crippen LogP contribution >= 0.6 is 0 Å². The highest BCUT2D eigenvalue weighted by Crippen LogP contribution is 2.35. The average Bonchev–Trinajstić information content (AvgIpc) is 3.18. The molecular weight excluding hydrogens is 288 g/mol. The lowest BCUT2D eigenvalue weighted by Gasteiger charge is -2.03. The third-order valence-corrected chi connectivity index (χ3v) is 4.50. The van der Waals surface area contributed by atoms with Crippen molar-refractivity contribution in [3.8, 4) is 11.1 Å². The van der Waals surface area contributed by atoms with E-state index in [0.717, 1.165) is 46.3 Å². The van der Waals surface area contributed by atoms with Crippen molar-refractivity contribution in [1.82, 2.24) is 19.7 Å². The van der Waals surface area contributed by atoms with Gasteiger partial charge in [0.05, 0.1) is 5.69 Å². The maximum Gasteiger partial charge on any atom is 0.168 e. The smallest absolute Gasteiger partial charge is 0.168 e. The summed E-state index contributed by atoms with van der Waals surface area (Å²) in [6.45, 7) is 6.22. The minimum absolute atomic E-state index is 0.211. The zero-order chi connectivity index (χ0) is 16.1. The molecule has 3 aromatic rings. The Morgan fingerprint density at radius 2 is 2.17 bits per heavy atom. The molecule has 0 unspecified atom stereocenters. The molecule has 0 spiro atoms. The lowest BCUT2D eigenvalue weighted by molar-refractivity contribution is 0.0969. The molecule has 1 aliphatic carbocycles. The molecule has 0 radical (unpaired) electrons. The number of nitrogens with one attached hydrogen (secondary N) is 1. The largest absolute Gasteiger partial charge is 0.345 e. The number of fused-ring (bicyclic) bond motifs is 1. The Kier molecular flexibility index (Phi) is 3.11. The van der Waals surface area contributed by atoms with Gasteiger partial charge in [0.15, 0.2) is 5.78 Å². The van der Waals surface area contributed by atoms with Crippen LogP contribution in [0, 0.1) is 12.8 Å². The average molecular weight is 308 g/mol. The lowest BCUT2D eigenvalue weighted by Crippen LogP contribution is -2.00.